The molecule has 0 saturated heterocycles. The molecule has 0 radical (unpaired) electrons. The molecule has 0 aliphatic carbocycles. The van der Waals surface area contributed by atoms with E-state index in [1.807, 2.05) is 0 Å². The number of esters is 2. The van der Waals surface area contributed by atoms with Gasteiger partial charge in [0.05, 0.1) is 13.2 Å². The van der Waals surface area contributed by atoms with Crippen molar-refractivity contribution in [1.29, 1.82) is 0 Å². The fourth-order valence-electron chi connectivity index (χ4n) is 3.06. The van der Waals surface area contributed by atoms with E-state index in [-0.39, 0.29) is 32.6 Å². The van der Waals surface area contributed by atoms with Gasteiger partial charge in [-0.15, -0.1) is 36.5 Å². The normalized spacial score (nSPS) is 11.5. The largest absolute Gasteiger partial charge is 0.465 e. The molecule has 9 nitrogen and oxygen atoms in total. The summed E-state index contributed by atoms with van der Waals surface area (Å²) in [4.78, 5) is 49.2. The Kier molecular flexibility index (Phi) is 23.1. The second-order valence-corrected chi connectivity index (χ2v) is 9.80. The van der Waals surface area contributed by atoms with Gasteiger partial charge in [-0.05, 0) is 57.6 Å². The van der Waals surface area contributed by atoms with Crippen LogP contribution in [0.25, 0.3) is 0 Å². The molecule has 0 spiro atoms. The first-order valence-corrected chi connectivity index (χ1v) is 14.5. The standard InChI is InChI=1S/C29H43N3O6S/c1-4-7-10-13-15-19-37-27(34)22-31-28(35)25(23-39-21-16-12-9-6-3)32-26(33)18-17-24(30)29(36)38-20-14-11-8-5-2/h2-3,24-25H,8-23,30H2,1H3,(H,31,35)(H,32,33). The smallest absolute Gasteiger partial charge is 0.325 e. The number of terminal acetylenes is 2. The summed E-state index contributed by atoms with van der Waals surface area (Å²) in [5.74, 6) is 9.86. The first-order valence-electron chi connectivity index (χ1n) is 13.3. The van der Waals surface area contributed by atoms with E-state index in [1.54, 1.807) is 6.92 Å². The number of ether oxygens (including phenoxy) is 2. The summed E-state index contributed by atoms with van der Waals surface area (Å²) >= 11 is 1.50. The summed E-state index contributed by atoms with van der Waals surface area (Å²) in [7, 11) is 0. The zero-order valence-electron chi connectivity index (χ0n) is 23.1. The molecular formula is C29H43N3O6S. The van der Waals surface area contributed by atoms with Crippen molar-refractivity contribution in [2.75, 3.05) is 31.3 Å². The first kappa shape index (κ1) is 35.9. The third kappa shape index (κ3) is 21.5. The topological polar surface area (TPSA) is 137 Å². The molecule has 0 bridgehead atoms. The third-order valence-electron chi connectivity index (χ3n) is 5.28. The van der Waals surface area contributed by atoms with Crippen LogP contribution < -0.4 is 16.4 Å². The van der Waals surface area contributed by atoms with Crippen LogP contribution in [0.1, 0.15) is 77.6 Å². The summed E-state index contributed by atoms with van der Waals surface area (Å²) in [5, 5.41) is 5.21. The van der Waals surface area contributed by atoms with E-state index in [1.165, 1.54) is 11.8 Å². The van der Waals surface area contributed by atoms with Crippen molar-refractivity contribution in [3.8, 4) is 36.5 Å². The van der Waals surface area contributed by atoms with Crippen LogP contribution in [0.4, 0.5) is 0 Å². The molecule has 0 rings (SSSR count). The maximum atomic E-state index is 12.7. The van der Waals surface area contributed by atoms with Gasteiger partial charge >= 0.3 is 11.9 Å². The average molecular weight is 562 g/mol. The summed E-state index contributed by atoms with van der Waals surface area (Å²) in [6.07, 6.45) is 17.1. The SMILES string of the molecule is C#CCCCCOC(=O)C(N)CCC(=O)NC(CSCCCCC#C)C(=O)NCC(=O)OCCCCC#CC. The maximum Gasteiger partial charge on any atom is 0.325 e. The molecule has 0 aromatic carbocycles. The lowest BCUT2D eigenvalue weighted by Crippen LogP contribution is -2.49. The molecule has 2 amide bonds. The van der Waals surface area contributed by atoms with Gasteiger partial charge in [0.1, 0.15) is 18.6 Å². The van der Waals surface area contributed by atoms with Gasteiger partial charge in [0.2, 0.25) is 11.8 Å². The highest BCUT2D eigenvalue weighted by Crippen LogP contribution is 2.09. The molecule has 10 heteroatoms. The van der Waals surface area contributed by atoms with Crippen molar-refractivity contribution >= 4 is 35.5 Å². The molecule has 0 aliphatic rings. The van der Waals surface area contributed by atoms with Crippen LogP contribution in [0.5, 0.6) is 0 Å². The van der Waals surface area contributed by atoms with E-state index in [4.69, 9.17) is 28.1 Å². The van der Waals surface area contributed by atoms with Gasteiger partial charge in [0.25, 0.3) is 0 Å². The van der Waals surface area contributed by atoms with Crippen molar-refractivity contribution < 1.29 is 28.7 Å². The number of amides is 2. The Balaban J connectivity index is 4.62. The van der Waals surface area contributed by atoms with Gasteiger partial charge < -0.3 is 25.8 Å². The Bertz CT molecular complexity index is 884. The lowest BCUT2D eigenvalue weighted by atomic mass is 10.1. The lowest BCUT2D eigenvalue weighted by molar-refractivity contribution is -0.145. The molecule has 39 heavy (non-hydrogen) atoms. The minimum absolute atomic E-state index is 0.0611. The Morgan fingerprint density at radius 3 is 2.23 bits per heavy atom. The highest BCUT2D eigenvalue weighted by atomic mass is 32.2. The number of nitrogens with one attached hydrogen (secondary N) is 2. The van der Waals surface area contributed by atoms with Crippen molar-refractivity contribution in [1.82, 2.24) is 10.6 Å². The van der Waals surface area contributed by atoms with E-state index >= 15 is 0 Å². The van der Waals surface area contributed by atoms with Crippen molar-refractivity contribution in [3.05, 3.63) is 0 Å². The summed E-state index contributed by atoms with van der Waals surface area (Å²) < 4.78 is 10.2. The molecule has 0 aromatic rings. The number of hydrogen-bond donors (Lipinski definition) is 3. The molecule has 216 valence electrons. The van der Waals surface area contributed by atoms with E-state index < -0.39 is 35.8 Å². The molecule has 0 heterocycles. The molecule has 0 aliphatic heterocycles. The number of nitrogens with two attached hydrogens (primary N) is 1. The fraction of sp³-hybridized carbons (Fsp3) is 0.655. The number of unbranched alkanes of at least 4 members (excludes halogenated alkanes) is 6. The Hall–Kier alpha value is -3.13. The van der Waals surface area contributed by atoms with E-state index in [0.29, 0.717) is 31.4 Å². The number of carbonyl (C=O) groups excluding carboxylic acids is 4. The Morgan fingerprint density at radius 2 is 1.56 bits per heavy atom. The number of rotatable bonds is 22. The van der Waals surface area contributed by atoms with E-state index in [0.717, 1.165) is 37.9 Å². The van der Waals surface area contributed by atoms with E-state index in [9.17, 15) is 19.2 Å². The van der Waals surface area contributed by atoms with Crippen LogP contribution in [-0.2, 0) is 28.7 Å². The van der Waals surface area contributed by atoms with Crippen molar-refractivity contribution in [2.45, 2.75) is 89.6 Å². The molecule has 2 unspecified atom stereocenters. The Labute approximate surface area is 237 Å². The summed E-state index contributed by atoms with van der Waals surface area (Å²) in [6.45, 7) is 1.94. The predicted molar refractivity (Wildman–Crippen MR) is 154 cm³/mol. The van der Waals surface area contributed by atoms with Crippen LogP contribution in [-0.4, -0.2) is 67.1 Å². The number of thioether (sulfide) groups is 1. The molecule has 0 fully saturated rings. The minimum atomic E-state index is -0.954. The molecule has 0 aromatic heterocycles. The summed E-state index contributed by atoms with van der Waals surface area (Å²) in [5.41, 5.74) is 5.85. The van der Waals surface area contributed by atoms with Gasteiger partial charge in [-0.25, -0.2) is 0 Å². The van der Waals surface area contributed by atoms with Gasteiger partial charge in [-0.2, -0.15) is 11.8 Å². The van der Waals surface area contributed by atoms with Crippen LogP contribution in [0.3, 0.4) is 0 Å². The van der Waals surface area contributed by atoms with Gasteiger partial charge in [0.15, 0.2) is 0 Å². The summed E-state index contributed by atoms with van der Waals surface area (Å²) in [6, 6.07) is -1.82. The molecule has 2 atom stereocenters. The fourth-order valence-corrected chi connectivity index (χ4v) is 4.10. The number of carbonyl (C=O) groups is 4. The molecular weight excluding hydrogens is 518 g/mol. The molecule has 4 N–H and O–H groups in total. The van der Waals surface area contributed by atoms with Crippen LogP contribution in [0.2, 0.25) is 0 Å². The monoisotopic (exact) mass is 561 g/mol. The molecule has 0 saturated carbocycles. The second-order valence-electron chi connectivity index (χ2n) is 8.65. The zero-order chi connectivity index (χ0) is 29.1. The van der Waals surface area contributed by atoms with Crippen LogP contribution in [0, 0.1) is 36.5 Å². The van der Waals surface area contributed by atoms with Gasteiger partial charge in [0, 0.05) is 31.4 Å². The second kappa shape index (κ2) is 25.2. The van der Waals surface area contributed by atoms with Crippen molar-refractivity contribution in [2.24, 2.45) is 5.73 Å². The number of hydrogen-bond acceptors (Lipinski definition) is 8. The zero-order valence-corrected chi connectivity index (χ0v) is 23.9. The van der Waals surface area contributed by atoms with Crippen LogP contribution >= 0.6 is 11.8 Å². The average Bonchev–Trinajstić information content (AvgIpc) is 2.93. The highest BCUT2D eigenvalue weighted by molar-refractivity contribution is 7.99. The minimum Gasteiger partial charge on any atom is -0.465 e. The van der Waals surface area contributed by atoms with Gasteiger partial charge in [-0.3, -0.25) is 19.2 Å². The van der Waals surface area contributed by atoms with Crippen LogP contribution in [0.15, 0.2) is 0 Å². The quantitative estimate of drug-likeness (QED) is 0.104. The van der Waals surface area contributed by atoms with Gasteiger partial charge in [-0.1, -0.05) is 0 Å². The lowest BCUT2D eigenvalue weighted by Gasteiger charge is -2.19. The Morgan fingerprint density at radius 1 is 0.923 bits per heavy atom. The van der Waals surface area contributed by atoms with E-state index in [2.05, 4.69) is 34.3 Å². The first-order chi connectivity index (χ1) is 18.8. The third-order valence-corrected chi connectivity index (χ3v) is 6.43. The van der Waals surface area contributed by atoms with Crippen molar-refractivity contribution in [3.63, 3.8) is 0 Å². The predicted octanol–water partition coefficient (Wildman–Crippen LogP) is 2.32. The highest BCUT2D eigenvalue weighted by Gasteiger charge is 2.23. The maximum absolute atomic E-state index is 12.7.